The van der Waals surface area contributed by atoms with Crippen molar-refractivity contribution in [2.75, 3.05) is 27.4 Å². The second-order valence-corrected chi connectivity index (χ2v) is 5.09. The summed E-state index contributed by atoms with van der Waals surface area (Å²) in [6.45, 7) is 4.50. The molecule has 0 aliphatic heterocycles. The van der Waals surface area contributed by atoms with E-state index < -0.39 is 0 Å². The van der Waals surface area contributed by atoms with Gasteiger partial charge in [-0.05, 0) is 25.0 Å². The number of ether oxygens (including phenoxy) is 2. The molecule has 2 N–H and O–H groups in total. The van der Waals surface area contributed by atoms with E-state index in [-0.39, 0.29) is 17.9 Å². The van der Waals surface area contributed by atoms with Gasteiger partial charge in [0.15, 0.2) is 11.5 Å². The zero-order chi connectivity index (χ0) is 15.9. The summed E-state index contributed by atoms with van der Waals surface area (Å²) in [5.41, 5.74) is 0.151. The maximum absolute atomic E-state index is 12.4. The summed E-state index contributed by atoms with van der Waals surface area (Å²) >= 11 is 0. The van der Waals surface area contributed by atoms with Crippen molar-refractivity contribution in [1.29, 1.82) is 0 Å². The molecule has 0 saturated heterocycles. The highest BCUT2D eigenvalue weighted by Gasteiger charge is 2.26. The Bertz CT molecular complexity index is 461. The van der Waals surface area contributed by atoms with Crippen LogP contribution in [0.5, 0.6) is 11.5 Å². The molecule has 5 heteroatoms. The molecule has 0 fully saturated rings. The number of rotatable bonds is 8. The minimum Gasteiger partial charge on any atom is -0.493 e. The number of para-hydroxylation sites is 1. The Morgan fingerprint density at radius 2 is 1.90 bits per heavy atom. The second-order valence-electron chi connectivity index (χ2n) is 5.09. The van der Waals surface area contributed by atoms with Crippen molar-refractivity contribution in [3.05, 3.63) is 23.8 Å². The summed E-state index contributed by atoms with van der Waals surface area (Å²) in [4.78, 5) is 12.4. The zero-order valence-electron chi connectivity index (χ0n) is 13.2. The van der Waals surface area contributed by atoms with Gasteiger partial charge in [-0.1, -0.05) is 19.9 Å². The van der Waals surface area contributed by atoms with E-state index in [1.165, 1.54) is 14.2 Å². The Balaban J connectivity index is 2.90. The molecule has 118 valence electrons. The van der Waals surface area contributed by atoms with Gasteiger partial charge in [0.05, 0.1) is 26.4 Å². The molecule has 1 aromatic carbocycles. The van der Waals surface area contributed by atoms with Crippen LogP contribution in [-0.4, -0.2) is 38.4 Å². The predicted molar refractivity (Wildman–Crippen MR) is 82.0 cm³/mol. The van der Waals surface area contributed by atoms with Gasteiger partial charge in [0.25, 0.3) is 5.91 Å². The number of hydrogen-bond acceptors (Lipinski definition) is 4. The molecule has 1 amide bonds. The number of amides is 1. The molecular weight excluding hydrogens is 270 g/mol. The normalized spacial score (nSPS) is 11.1. The van der Waals surface area contributed by atoms with Crippen molar-refractivity contribution < 1.29 is 19.4 Å². The van der Waals surface area contributed by atoms with E-state index >= 15 is 0 Å². The highest BCUT2D eigenvalue weighted by atomic mass is 16.5. The number of methoxy groups -OCH3 is 2. The molecule has 1 aromatic rings. The molecule has 0 radical (unpaired) electrons. The van der Waals surface area contributed by atoms with Gasteiger partial charge in [0.2, 0.25) is 0 Å². The van der Waals surface area contributed by atoms with Gasteiger partial charge in [-0.3, -0.25) is 4.79 Å². The summed E-state index contributed by atoms with van der Waals surface area (Å²) in [6, 6.07) is 5.18. The van der Waals surface area contributed by atoms with Crippen LogP contribution >= 0.6 is 0 Å². The zero-order valence-corrected chi connectivity index (χ0v) is 13.2. The molecule has 0 heterocycles. The van der Waals surface area contributed by atoms with Crippen LogP contribution < -0.4 is 14.8 Å². The van der Waals surface area contributed by atoms with Gasteiger partial charge in [-0.25, -0.2) is 0 Å². The lowest BCUT2D eigenvalue weighted by Crippen LogP contribution is -2.39. The topological polar surface area (TPSA) is 67.8 Å². The SMILES string of the molecule is CCC(CC)(CO)CNC(=O)c1cccc(OC)c1OC. The largest absolute Gasteiger partial charge is 0.493 e. The van der Waals surface area contributed by atoms with Crippen LogP contribution in [0.2, 0.25) is 0 Å². The van der Waals surface area contributed by atoms with Crippen LogP contribution in [0, 0.1) is 5.41 Å². The third-order valence-electron chi connectivity index (χ3n) is 4.11. The van der Waals surface area contributed by atoms with Gasteiger partial charge >= 0.3 is 0 Å². The number of benzene rings is 1. The number of carbonyl (C=O) groups is 1. The van der Waals surface area contributed by atoms with E-state index in [1.54, 1.807) is 18.2 Å². The van der Waals surface area contributed by atoms with Gasteiger partial charge in [-0.2, -0.15) is 0 Å². The molecule has 5 nitrogen and oxygen atoms in total. The quantitative estimate of drug-likeness (QED) is 0.772. The summed E-state index contributed by atoms with van der Waals surface area (Å²) in [5.74, 6) is 0.704. The summed E-state index contributed by atoms with van der Waals surface area (Å²) in [7, 11) is 3.04. The summed E-state index contributed by atoms with van der Waals surface area (Å²) in [5, 5.41) is 12.4. The Labute approximate surface area is 126 Å². The number of carbonyl (C=O) groups excluding carboxylic acids is 1. The molecule has 21 heavy (non-hydrogen) atoms. The first-order valence-corrected chi connectivity index (χ1v) is 7.17. The van der Waals surface area contributed by atoms with Crippen LogP contribution in [0.4, 0.5) is 0 Å². The fraction of sp³-hybridized carbons (Fsp3) is 0.562. The maximum Gasteiger partial charge on any atom is 0.255 e. The molecule has 0 unspecified atom stereocenters. The summed E-state index contributed by atoms with van der Waals surface area (Å²) in [6.07, 6.45) is 1.60. The van der Waals surface area contributed by atoms with Crippen LogP contribution in [0.1, 0.15) is 37.0 Å². The number of aliphatic hydroxyl groups is 1. The molecule has 0 aliphatic carbocycles. The molecule has 0 saturated carbocycles. The highest BCUT2D eigenvalue weighted by molar-refractivity contribution is 5.97. The molecule has 0 aliphatic rings. The van der Waals surface area contributed by atoms with Crippen molar-refractivity contribution in [1.82, 2.24) is 5.32 Å². The van der Waals surface area contributed by atoms with E-state index in [9.17, 15) is 9.90 Å². The average molecular weight is 295 g/mol. The monoisotopic (exact) mass is 295 g/mol. The average Bonchev–Trinajstić information content (AvgIpc) is 2.55. The Morgan fingerprint density at radius 1 is 1.24 bits per heavy atom. The maximum atomic E-state index is 12.4. The fourth-order valence-corrected chi connectivity index (χ4v) is 2.21. The minimum absolute atomic E-state index is 0.0511. The Kier molecular flexibility index (Phi) is 6.49. The lowest BCUT2D eigenvalue weighted by molar-refractivity contribution is 0.0848. The van der Waals surface area contributed by atoms with E-state index in [4.69, 9.17) is 9.47 Å². The smallest absolute Gasteiger partial charge is 0.255 e. The van der Waals surface area contributed by atoms with Gasteiger partial charge < -0.3 is 19.9 Å². The van der Waals surface area contributed by atoms with E-state index in [2.05, 4.69) is 5.32 Å². The first-order chi connectivity index (χ1) is 10.1. The third kappa shape index (κ3) is 3.88. The van der Waals surface area contributed by atoms with E-state index in [0.717, 1.165) is 12.8 Å². The fourth-order valence-electron chi connectivity index (χ4n) is 2.21. The predicted octanol–water partition coefficient (Wildman–Crippen LogP) is 2.23. The second kappa shape index (κ2) is 7.88. The van der Waals surface area contributed by atoms with E-state index in [0.29, 0.717) is 23.6 Å². The van der Waals surface area contributed by atoms with Gasteiger partial charge in [-0.15, -0.1) is 0 Å². The van der Waals surface area contributed by atoms with Crippen LogP contribution in [0.3, 0.4) is 0 Å². The molecular formula is C16H25NO4. The molecule has 1 rings (SSSR count). The van der Waals surface area contributed by atoms with Gasteiger partial charge in [0, 0.05) is 12.0 Å². The lowest BCUT2D eigenvalue weighted by atomic mass is 9.83. The van der Waals surface area contributed by atoms with E-state index in [1.807, 2.05) is 13.8 Å². The summed E-state index contributed by atoms with van der Waals surface area (Å²) < 4.78 is 10.5. The van der Waals surface area contributed by atoms with Crippen molar-refractivity contribution in [3.63, 3.8) is 0 Å². The van der Waals surface area contributed by atoms with Crippen molar-refractivity contribution >= 4 is 5.91 Å². The van der Waals surface area contributed by atoms with Crippen LogP contribution in [0.15, 0.2) is 18.2 Å². The first kappa shape index (κ1) is 17.3. The van der Waals surface area contributed by atoms with Gasteiger partial charge in [0.1, 0.15) is 0 Å². The minimum atomic E-state index is -0.276. The van der Waals surface area contributed by atoms with Crippen molar-refractivity contribution in [2.24, 2.45) is 5.41 Å². The van der Waals surface area contributed by atoms with Crippen molar-refractivity contribution in [3.8, 4) is 11.5 Å². The molecule has 0 bridgehead atoms. The molecule has 0 atom stereocenters. The van der Waals surface area contributed by atoms with Crippen molar-refractivity contribution in [2.45, 2.75) is 26.7 Å². The standard InChI is InChI=1S/C16H25NO4/c1-5-16(6-2,11-18)10-17-15(19)12-8-7-9-13(20-3)14(12)21-4/h7-9,18H,5-6,10-11H2,1-4H3,(H,17,19). The van der Waals surface area contributed by atoms with Crippen LogP contribution in [-0.2, 0) is 0 Å². The highest BCUT2D eigenvalue weighted by Crippen LogP contribution is 2.31. The number of aliphatic hydroxyl groups excluding tert-OH is 1. The number of nitrogens with one attached hydrogen (secondary N) is 1. The Morgan fingerprint density at radius 3 is 2.38 bits per heavy atom. The first-order valence-electron chi connectivity index (χ1n) is 7.17. The van der Waals surface area contributed by atoms with Crippen LogP contribution in [0.25, 0.3) is 0 Å². The molecule has 0 spiro atoms. The Hall–Kier alpha value is -1.75. The third-order valence-corrected chi connectivity index (χ3v) is 4.11. The number of hydrogen-bond donors (Lipinski definition) is 2. The molecule has 0 aromatic heterocycles. The lowest BCUT2D eigenvalue weighted by Gasteiger charge is -2.29.